The molecule has 0 saturated carbocycles. The van der Waals surface area contributed by atoms with E-state index in [1.807, 2.05) is 18.2 Å². The fourth-order valence-electron chi connectivity index (χ4n) is 1.09. The lowest BCUT2D eigenvalue weighted by Gasteiger charge is -2.10. The molecule has 6 nitrogen and oxygen atoms in total. The molecule has 0 radical (unpaired) electrons. The van der Waals surface area contributed by atoms with Gasteiger partial charge in [0.1, 0.15) is 5.75 Å². The molecule has 0 bridgehead atoms. The lowest BCUT2D eigenvalue weighted by atomic mass is 10.3. The Kier molecular flexibility index (Phi) is 12.5. The van der Waals surface area contributed by atoms with E-state index in [0.29, 0.717) is 12.4 Å². The lowest BCUT2D eigenvalue weighted by molar-refractivity contribution is 0.254. The molecule has 110 valence electrons. The van der Waals surface area contributed by atoms with Crippen molar-refractivity contribution in [3.8, 4) is 5.75 Å². The third kappa shape index (κ3) is 13.9. The van der Waals surface area contributed by atoms with Crippen LogP contribution in [0.15, 0.2) is 30.3 Å². The lowest BCUT2D eigenvalue weighted by Crippen LogP contribution is -1.94. The molecule has 0 aromatic heterocycles. The van der Waals surface area contributed by atoms with Crippen LogP contribution in [0, 0.1) is 0 Å². The quantitative estimate of drug-likeness (QED) is 0.456. The number of unbranched alkanes of at least 4 members (excludes halogenated alkanes) is 2. The van der Waals surface area contributed by atoms with Gasteiger partial charge < -0.3 is 28.6 Å². The molecule has 0 fully saturated rings. The van der Waals surface area contributed by atoms with Crippen LogP contribution in [-0.4, -0.2) is 26.2 Å². The zero-order valence-corrected chi connectivity index (χ0v) is 12.5. The molecule has 0 spiro atoms. The highest BCUT2D eigenvalue weighted by Crippen LogP contribution is 2.34. The van der Waals surface area contributed by atoms with Crippen LogP contribution >= 0.6 is 17.2 Å². The van der Waals surface area contributed by atoms with Crippen molar-refractivity contribution in [2.45, 2.75) is 26.2 Å². The molecular weight excluding hydrogens is 290 g/mol. The van der Waals surface area contributed by atoms with Crippen molar-refractivity contribution >= 4 is 17.2 Å². The summed E-state index contributed by atoms with van der Waals surface area (Å²) in [6, 6.07) is 9.20. The summed E-state index contributed by atoms with van der Waals surface area (Å²) in [5, 5.41) is 0. The van der Waals surface area contributed by atoms with Gasteiger partial charge in [0.05, 0.1) is 6.61 Å². The van der Waals surface area contributed by atoms with Gasteiger partial charge in [0, 0.05) is 0 Å². The van der Waals surface area contributed by atoms with Gasteiger partial charge in [-0.05, 0) is 18.6 Å². The van der Waals surface area contributed by atoms with Crippen molar-refractivity contribution in [1.82, 2.24) is 0 Å². The first kappa shape index (κ1) is 18.7. The minimum atomic E-state index is -2.62. The second-order valence-corrected chi connectivity index (χ2v) is 4.90. The van der Waals surface area contributed by atoms with E-state index in [9.17, 15) is 4.89 Å². The molecule has 0 heterocycles. The Hall–Kier alpha value is -0.320. The maximum Gasteiger partial charge on any atom is 0.394 e. The van der Waals surface area contributed by atoms with Gasteiger partial charge in [-0.1, -0.05) is 38.0 Å². The minimum Gasteiger partial charge on any atom is -0.427 e. The molecule has 19 heavy (non-hydrogen) atoms. The van der Waals surface area contributed by atoms with Gasteiger partial charge in [0.15, 0.2) is 0 Å². The average molecular weight is 310 g/mol. The number of rotatable bonds is 7. The molecule has 0 aliphatic heterocycles. The summed E-state index contributed by atoms with van der Waals surface area (Å²) in [5.41, 5.74) is 0. The molecule has 8 heteroatoms. The maximum absolute atomic E-state index is 9.42. The van der Waals surface area contributed by atoms with Gasteiger partial charge in [0.2, 0.25) is 0 Å². The zero-order chi connectivity index (χ0) is 14.5. The van der Waals surface area contributed by atoms with Crippen molar-refractivity contribution in [3.05, 3.63) is 30.3 Å². The van der Waals surface area contributed by atoms with Crippen LogP contribution < -0.4 is 4.52 Å². The van der Waals surface area contributed by atoms with Gasteiger partial charge >= 0.3 is 17.2 Å². The highest BCUT2D eigenvalue weighted by atomic mass is 31.2. The Balaban J connectivity index is 0.000000711. The van der Waals surface area contributed by atoms with Crippen LogP contribution in [0.5, 0.6) is 5.75 Å². The molecule has 1 atom stereocenters. The first-order chi connectivity index (χ1) is 9.06. The first-order valence-corrected chi connectivity index (χ1v) is 8.11. The normalized spacial score (nSPS) is 11.7. The third-order valence-electron chi connectivity index (χ3n) is 1.88. The summed E-state index contributed by atoms with van der Waals surface area (Å²) < 4.78 is 10.3. The number of para-hydroxylation sites is 1. The summed E-state index contributed by atoms with van der Waals surface area (Å²) in [5.74, 6) is 0.640. The summed E-state index contributed by atoms with van der Waals surface area (Å²) in [4.78, 5) is 31.1. The van der Waals surface area contributed by atoms with Crippen molar-refractivity contribution in [1.29, 1.82) is 0 Å². The first-order valence-electron chi connectivity index (χ1n) is 5.78. The smallest absolute Gasteiger partial charge is 0.394 e. The molecule has 1 rings (SSSR count). The molecule has 0 saturated heterocycles. The topological polar surface area (TPSA) is 99.4 Å². The van der Waals surface area contributed by atoms with Crippen LogP contribution in [0.25, 0.3) is 0 Å². The fraction of sp³-hybridized carbons (Fsp3) is 0.455. The van der Waals surface area contributed by atoms with Crippen LogP contribution in [-0.2, 0) is 4.52 Å². The summed E-state index contributed by atoms with van der Waals surface area (Å²) in [6.45, 7) is 2.69. The number of benzene rings is 1. The number of hydrogen-bond donors (Lipinski definition) is 4. The fourth-order valence-corrected chi connectivity index (χ4v) is 1.73. The SMILES string of the molecule is CCCCCOP(O)Oc1ccccc1.OP(O)O. The molecule has 4 N–H and O–H groups in total. The van der Waals surface area contributed by atoms with E-state index in [0.717, 1.165) is 19.3 Å². The molecule has 0 aliphatic rings. The summed E-state index contributed by atoms with van der Waals surface area (Å²) in [7, 11) is -4.39. The predicted octanol–water partition coefficient (Wildman–Crippen LogP) is 2.68. The van der Waals surface area contributed by atoms with E-state index < -0.39 is 17.2 Å². The highest BCUT2D eigenvalue weighted by Gasteiger charge is 2.07. The van der Waals surface area contributed by atoms with Gasteiger partial charge in [-0.3, -0.25) is 0 Å². The van der Waals surface area contributed by atoms with E-state index in [1.54, 1.807) is 12.1 Å². The van der Waals surface area contributed by atoms with Gasteiger partial charge in [-0.15, -0.1) is 0 Å². The Morgan fingerprint density at radius 3 is 2.11 bits per heavy atom. The molecule has 1 aromatic rings. The monoisotopic (exact) mass is 310 g/mol. The van der Waals surface area contributed by atoms with Crippen LogP contribution in [0.2, 0.25) is 0 Å². The molecule has 0 aliphatic carbocycles. The van der Waals surface area contributed by atoms with Crippen molar-refractivity contribution in [2.24, 2.45) is 0 Å². The molecule has 1 aromatic carbocycles. The average Bonchev–Trinajstić information content (AvgIpc) is 2.35. The second-order valence-electron chi connectivity index (χ2n) is 3.45. The van der Waals surface area contributed by atoms with E-state index in [2.05, 4.69) is 6.92 Å². The third-order valence-corrected chi connectivity index (χ3v) is 2.65. The van der Waals surface area contributed by atoms with Crippen LogP contribution in [0.1, 0.15) is 26.2 Å². The molecule has 0 amide bonds. The second kappa shape index (κ2) is 12.7. The van der Waals surface area contributed by atoms with Gasteiger partial charge in [-0.25, -0.2) is 0 Å². The minimum absolute atomic E-state index is 0.558. The molecular formula is C11H20O6P2. The Morgan fingerprint density at radius 2 is 1.58 bits per heavy atom. The Labute approximate surface area is 115 Å². The van der Waals surface area contributed by atoms with Crippen molar-refractivity contribution < 1.29 is 28.6 Å². The zero-order valence-electron chi connectivity index (χ0n) is 10.7. The van der Waals surface area contributed by atoms with Crippen LogP contribution in [0.4, 0.5) is 0 Å². The Morgan fingerprint density at radius 1 is 1.00 bits per heavy atom. The van der Waals surface area contributed by atoms with E-state index in [1.165, 1.54) is 0 Å². The molecule has 1 unspecified atom stereocenters. The van der Waals surface area contributed by atoms with Crippen molar-refractivity contribution in [2.75, 3.05) is 6.61 Å². The van der Waals surface area contributed by atoms with Crippen molar-refractivity contribution in [3.63, 3.8) is 0 Å². The highest BCUT2D eigenvalue weighted by molar-refractivity contribution is 7.41. The van der Waals surface area contributed by atoms with Gasteiger partial charge in [0.25, 0.3) is 0 Å². The maximum atomic E-state index is 9.42. The summed E-state index contributed by atoms with van der Waals surface area (Å²) in [6.07, 6.45) is 3.23. The summed E-state index contributed by atoms with van der Waals surface area (Å²) >= 11 is 0. The van der Waals surface area contributed by atoms with Crippen LogP contribution in [0.3, 0.4) is 0 Å². The van der Waals surface area contributed by atoms with Gasteiger partial charge in [-0.2, -0.15) is 0 Å². The number of hydrogen-bond acceptors (Lipinski definition) is 6. The predicted molar refractivity (Wildman–Crippen MR) is 75.3 cm³/mol. The standard InChI is InChI=1S/C11H17O3P.H3O3P/c1-2-3-7-10-13-15(12)14-11-8-5-4-6-9-11;1-4(2)3/h4-6,8-9,12H,2-3,7,10H2,1H3;1-3H. The largest absolute Gasteiger partial charge is 0.427 e. The van der Waals surface area contributed by atoms with E-state index in [4.69, 9.17) is 23.7 Å². The Bertz CT molecular complexity index is 296. The van der Waals surface area contributed by atoms with E-state index in [-0.39, 0.29) is 0 Å². The van der Waals surface area contributed by atoms with E-state index >= 15 is 0 Å².